The van der Waals surface area contributed by atoms with E-state index >= 15 is 0 Å². The van der Waals surface area contributed by atoms with Crippen LogP contribution in [0.2, 0.25) is 0 Å². The summed E-state index contributed by atoms with van der Waals surface area (Å²) < 4.78 is 0. The molecule has 3 N–H and O–H groups in total. The first-order chi connectivity index (χ1) is 10.4. The number of nitrogens with zero attached hydrogens (tertiary/aromatic N) is 1. The Labute approximate surface area is 126 Å². The van der Waals surface area contributed by atoms with E-state index in [1.54, 1.807) is 13.0 Å². The number of hydrogen-bond acceptors (Lipinski definition) is 5. The van der Waals surface area contributed by atoms with Crippen LogP contribution in [0.25, 0.3) is 0 Å². The smallest absolute Gasteiger partial charge is 0.337 e. The number of rotatable bonds is 5. The first-order valence-corrected chi connectivity index (χ1v) is 6.65. The number of carboxylic acids is 1. The minimum absolute atomic E-state index is 0.00495. The monoisotopic (exact) mass is 304 g/mol. The molecule has 0 aromatic heterocycles. The number of β-amino-alcohol motifs (C(OH)–C–C–N with tert-alkyl or cyclic N) is 1. The molecule has 7 heteroatoms. The zero-order valence-corrected chi connectivity index (χ0v) is 12.2. The minimum atomic E-state index is -1.13. The van der Waals surface area contributed by atoms with Crippen LogP contribution in [0.4, 0.5) is 5.69 Å². The maximum atomic E-state index is 12.1. The maximum Gasteiger partial charge on any atom is 0.337 e. The number of benzene rings is 1. The van der Waals surface area contributed by atoms with Crippen molar-refractivity contribution in [1.82, 2.24) is 4.90 Å². The Morgan fingerprint density at radius 2 is 1.95 bits per heavy atom. The molecule has 1 aliphatic heterocycles. The summed E-state index contributed by atoms with van der Waals surface area (Å²) in [6.45, 7) is 3.12. The number of amides is 2. The molecular weight excluding hydrogens is 288 g/mol. The number of hydrogen-bond donors (Lipinski definition) is 3. The van der Waals surface area contributed by atoms with E-state index in [1.165, 1.54) is 6.07 Å². The quantitative estimate of drug-likeness (QED) is 0.690. The van der Waals surface area contributed by atoms with Crippen LogP contribution in [0.3, 0.4) is 0 Å². The Kier molecular flexibility index (Phi) is 4.27. The number of carbonyl (C=O) groups excluding carboxylic acids is 2. The number of imide groups is 1. The summed E-state index contributed by atoms with van der Waals surface area (Å²) in [6.07, 6.45) is 1.10. The van der Waals surface area contributed by atoms with E-state index in [1.807, 2.05) is 6.92 Å². The van der Waals surface area contributed by atoms with Crippen molar-refractivity contribution >= 4 is 23.5 Å². The van der Waals surface area contributed by atoms with Crippen LogP contribution in [0.15, 0.2) is 23.9 Å². The number of aliphatic hydroxyl groups is 1. The Morgan fingerprint density at radius 1 is 1.27 bits per heavy atom. The number of nitrogens with one attached hydrogen (secondary N) is 1. The molecule has 1 aliphatic rings. The normalized spacial score (nSPS) is 14.3. The molecule has 0 spiro atoms. The van der Waals surface area contributed by atoms with Gasteiger partial charge >= 0.3 is 5.97 Å². The fraction of sp³-hybridized carbons (Fsp3) is 0.267. The molecule has 0 atom stereocenters. The third kappa shape index (κ3) is 2.71. The van der Waals surface area contributed by atoms with Gasteiger partial charge in [0.1, 0.15) is 5.70 Å². The molecule has 1 aromatic carbocycles. The fourth-order valence-electron chi connectivity index (χ4n) is 2.20. The van der Waals surface area contributed by atoms with Gasteiger partial charge in [-0.1, -0.05) is 6.07 Å². The Balaban J connectivity index is 2.38. The summed E-state index contributed by atoms with van der Waals surface area (Å²) in [5, 5.41) is 20.9. The van der Waals surface area contributed by atoms with Crippen LogP contribution in [-0.4, -0.2) is 46.0 Å². The molecule has 0 radical (unpaired) electrons. The van der Waals surface area contributed by atoms with Crippen molar-refractivity contribution in [1.29, 1.82) is 0 Å². The van der Waals surface area contributed by atoms with Gasteiger partial charge in [0.2, 0.25) is 0 Å². The van der Waals surface area contributed by atoms with E-state index in [4.69, 9.17) is 5.11 Å². The second-order valence-corrected chi connectivity index (χ2v) is 4.94. The average Bonchev–Trinajstić information content (AvgIpc) is 2.72. The van der Waals surface area contributed by atoms with Gasteiger partial charge in [0, 0.05) is 6.08 Å². The van der Waals surface area contributed by atoms with Gasteiger partial charge in [-0.2, -0.15) is 0 Å². The maximum absolute atomic E-state index is 12.1. The number of carboxylic acid groups (broad SMARTS) is 1. The second kappa shape index (κ2) is 5.98. The SMILES string of the molecule is Cc1ccc(C(=O)O)c(NC2=CC(=O)N(CCO)C2=O)c1C. The lowest BCUT2D eigenvalue weighted by Gasteiger charge is -2.16. The first kappa shape index (κ1) is 15.7. The van der Waals surface area contributed by atoms with Crippen molar-refractivity contribution in [2.24, 2.45) is 0 Å². The van der Waals surface area contributed by atoms with Crippen LogP contribution in [0.5, 0.6) is 0 Å². The van der Waals surface area contributed by atoms with Gasteiger partial charge in [0.05, 0.1) is 24.4 Å². The van der Waals surface area contributed by atoms with Gasteiger partial charge in [0.15, 0.2) is 0 Å². The number of aromatic carboxylic acids is 1. The highest BCUT2D eigenvalue weighted by Crippen LogP contribution is 2.27. The van der Waals surface area contributed by atoms with E-state index in [0.717, 1.165) is 16.5 Å². The lowest BCUT2D eigenvalue weighted by Crippen LogP contribution is -2.34. The molecule has 22 heavy (non-hydrogen) atoms. The third-order valence-electron chi connectivity index (χ3n) is 3.56. The number of anilines is 1. The summed E-state index contributed by atoms with van der Waals surface area (Å²) >= 11 is 0. The molecule has 2 rings (SSSR count). The lowest BCUT2D eigenvalue weighted by atomic mass is 10.0. The standard InChI is InChI=1S/C15H16N2O5/c1-8-3-4-10(15(21)22)13(9(8)2)16-11-7-12(19)17(5-6-18)14(11)20/h3-4,7,16,18H,5-6H2,1-2H3,(H,21,22). The summed E-state index contributed by atoms with van der Waals surface area (Å²) in [5.74, 6) is -2.25. The lowest BCUT2D eigenvalue weighted by molar-refractivity contribution is -0.137. The van der Waals surface area contributed by atoms with Crippen molar-refractivity contribution in [2.75, 3.05) is 18.5 Å². The summed E-state index contributed by atoms with van der Waals surface area (Å²) in [7, 11) is 0. The van der Waals surface area contributed by atoms with E-state index in [0.29, 0.717) is 5.56 Å². The van der Waals surface area contributed by atoms with E-state index in [-0.39, 0.29) is 30.1 Å². The minimum Gasteiger partial charge on any atom is -0.478 e. The van der Waals surface area contributed by atoms with Gasteiger partial charge in [-0.25, -0.2) is 4.79 Å². The summed E-state index contributed by atoms with van der Waals surface area (Å²) in [5.41, 5.74) is 1.84. The molecule has 0 aliphatic carbocycles. The molecule has 0 saturated heterocycles. The Morgan fingerprint density at radius 3 is 2.55 bits per heavy atom. The van der Waals surface area contributed by atoms with Gasteiger partial charge < -0.3 is 15.5 Å². The molecule has 0 saturated carbocycles. The highest BCUT2D eigenvalue weighted by molar-refractivity contribution is 6.17. The molecule has 116 valence electrons. The average molecular weight is 304 g/mol. The largest absolute Gasteiger partial charge is 0.478 e. The molecule has 0 fully saturated rings. The topological polar surface area (TPSA) is 107 Å². The Bertz CT molecular complexity index is 693. The molecule has 0 unspecified atom stereocenters. The van der Waals surface area contributed by atoms with Crippen molar-refractivity contribution in [3.63, 3.8) is 0 Å². The van der Waals surface area contributed by atoms with Crippen molar-refractivity contribution < 1.29 is 24.6 Å². The number of aliphatic hydroxyl groups excluding tert-OH is 1. The zero-order valence-electron chi connectivity index (χ0n) is 12.2. The predicted molar refractivity (Wildman–Crippen MR) is 78.4 cm³/mol. The van der Waals surface area contributed by atoms with Crippen LogP contribution in [-0.2, 0) is 9.59 Å². The van der Waals surface area contributed by atoms with E-state index in [9.17, 15) is 19.5 Å². The molecule has 1 aromatic rings. The van der Waals surface area contributed by atoms with Crippen molar-refractivity contribution in [2.45, 2.75) is 13.8 Å². The van der Waals surface area contributed by atoms with Crippen molar-refractivity contribution in [3.05, 3.63) is 40.6 Å². The van der Waals surface area contributed by atoms with E-state index < -0.39 is 17.8 Å². The van der Waals surface area contributed by atoms with Crippen molar-refractivity contribution in [3.8, 4) is 0 Å². The number of carbonyl (C=O) groups is 3. The Hall–Kier alpha value is -2.67. The van der Waals surface area contributed by atoms with Gasteiger partial charge in [-0.3, -0.25) is 14.5 Å². The van der Waals surface area contributed by atoms with Crippen LogP contribution in [0, 0.1) is 13.8 Å². The summed E-state index contributed by atoms with van der Waals surface area (Å²) in [4.78, 5) is 36.0. The van der Waals surface area contributed by atoms with Crippen LogP contribution < -0.4 is 5.32 Å². The van der Waals surface area contributed by atoms with Crippen LogP contribution >= 0.6 is 0 Å². The zero-order chi connectivity index (χ0) is 16.4. The number of aryl methyl sites for hydroxylation is 1. The predicted octanol–water partition coefficient (Wildman–Crippen LogP) is 0.659. The van der Waals surface area contributed by atoms with Gasteiger partial charge in [-0.15, -0.1) is 0 Å². The molecule has 0 bridgehead atoms. The van der Waals surface area contributed by atoms with Gasteiger partial charge in [0.25, 0.3) is 11.8 Å². The highest BCUT2D eigenvalue weighted by Gasteiger charge is 2.31. The van der Waals surface area contributed by atoms with Gasteiger partial charge in [-0.05, 0) is 31.0 Å². The van der Waals surface area contributed by atoms with E-state index in [2.05, 4.69) is 5.32 Å². The summed E-state index contributed by atoms with van der Waals surface area (Å²) in [6, 6.07) is 3.12. The van der Waals surface area contributed by atoms with Crippen LogP contribution in [0.1, 0.15) is 21.5 Å². The molecule has 7 nitrogen and oxygen atoms in total. The first-order valence-electron chi connectivity index (χ1n) is 6.65. The highest BCUT2D eigenvalue weighted by atomic mass is 16.4. The molecule has 2 amide bonds. The second-order valence-electron chi connectivity index (χ2n) is 4.94. The third-order valence-corrected chi connectivity index (χ3v) is 3.56. The fourth-order valence-corrected chi connectivity index (χ4v) is 2.20. The molecule has 1 heterocycles. The molecular formula is C15H16N2O5.